The Labute approximate surface area is 185 Å². The number of aromatic hydroxyl groups is 1. The molecule has 0 aliphatic rings. The molecule has 8 heteroatoms. The highest BCUT2D eigenvalue weighted by Crippen LogP contribution is 2.40. The summed E-state index contributed by atoms with van der Waals surface area (Å²) in [5.74, 6) is -3.18. The number of benzene rings is 3. The van der Waals surface area contributed by atoms with Gasteiger partial charge in [-0.1, -0.05) is 18.2 Å². The molecular weight excluding hydrogens is 434 g/mol. The van der Waals surface area contributed by atoms with Crippen LogP contribution in [0, 0.1) is 18.6 Å². The second-order valence-corrected chi connectivity index (χ2v) is 7.17. The van der Waals surface area contributed by atoms with E-state index in [0.717, 1.165) is 12.1 Å². The topological polar surface area (TPSA) is 97.0 Å². The van der Waals surface area contributed by atoms with Crippen molar-refractivity contribution in [2.75, 3.05) is 0 Å². The van der Waals surface area contributed by atoms with Crippen LogP contribution in [0.5, 0.6) is 17.2 Å². The summed E-state index contributed by atoms with van der Waals surface area (Å²) in [6, 6.07) is 12.5. The van der Waals surface area contributed by atoms with Crippen molar-refractivity contribution in [1.82, 2.24) is 0 Å². The van der Waals surface area contributed by atoms with Gasteiger partial charge in [-0.25, -0.2) is 14.0 Å². The van der Waals surface area contributed by atoms with E-state index in [1.807, 2.05) is 0 Å². The molecule has 4 rings (SSSR count). The van der Waals surface area contributed by atoms with E-state index in [0.29, 0.717) is 16.7 Å². The molecule has 0 radical (unpaired) electrons. The van der Waals surface area contributed by atoms with Gasteiger partial charge in [-0.2, -0.15) is 4.39 Å². The van der Waals surface area contributed by atoms with Gasteiger partial charge in [0.05, 0.1) is 5.39 Å². The Kier molecular flexibility index (Phi) is 5.66. The molecule has 4 aromatic rings. The summed E-state index contributed by atoms with van der Waals surface area (Å²) in [4.78, 5) is 23.6. The van der Waals surface area contributed by atoms with Gasteiger partial charge < -0.3 is 19.4 Å². The maximum Gasteiger partial charge on any atom is 0.348 e. The highest BCUT2D eigenvalue weighted by Gasteiger charge is 2.23. The Morgan fingerprint density at radius 3 is 2.45 bits per heavy atom. The van der Waals surface area contributed by atoms with Crippen LogP contribution >= 0.6 is 0 Å². The second kappa shape index (κ2) is 8.58. The molecule has 0 aliphatic heterocycles. The van der Waals surface area contributed by atoms with Crippen molar-refractivity contribution >= 4 is 23.0 Å². The molecule has 1 aromatic heterocycles. The van der Waals surface area contributed by atoms with Gasteiger partial charge >= 0.3 is 11.6 Å². The molecule has 0 bridgehead atoms. The largest absolute Gasteiger partial charge is 0.505 e. The van der Waals surface area contributed by atoms with Crippen LogP contribution in [0.3, 0.4) is 0 Å². The van der Waals surface area contributed by atoms with E-state index >= 15 is 0 Å². The van der Waals surface area contributed by atoms with Crippen molar-refractivity contribution in [3.8, 4) is 28.4 Å². The molecule has 1 heterocycles. The normalized spacial score (nSPS) is 11.2. The standard InChI is InChI=1S/C25H16F2O6/c1-13-12-15(26)5-8-17(13)21-23(18-9-10-19(28)22(27)24(18)33-25(21)31)32-16-6-2-14(3-7-16)4-11-20(29)30/h2-12,28H,1H3,(H,29,30)/b11-4+. The Morgan fingerprint density at radius 1 is 1.06 bits per heavy atom. The number of rotatable bonds is 5. The predicted octanol–water partition coefficient (Wildman–Crippen LogP) is 5.64. The van der Waals surface area contributed by atoms with Crippen molar-refractivity contribution in [1.29, 1.82) is 0 Å². The Balaban J connectivity index is 1.92. The molecular formula is C25H16F2O6. The first-order valence-electron chi connectivity index (χ1n) is 9.68. The van der Waals surface area contributed by atoms with Gasteiger partial charge in [-0.05, 0) is 66.1 Å². The summed E-state index contributed by atoms with van der Waals surface area (Å²) in [5, 5.41) is 18.5. The lowest BCUT2D eigenvalue weighted by atomic mass is 9.99. The Morgan fingerprint density at radius 2 is 1.79 bits per heavy atom. The molecule has 0 unspecified atom stereocenters. The van der Waals surface area contributed by atoms with Crippen molar-refractivity contribution < 1.29 is 32.9 Å². The minimum Gasteiger partial charge on any atom is -0.505 e. The number of hydrogen-bond donors (Lipinski definition) is 2. The van der Waals surface area contributed by atoms with E-state index in [1.165, 1.54) is 30.3 Å². The van der Waals surface area contributed by atoms with Crippen LogP contribution in [0.1, 0.15) is 11.1 Å². The number of halogens is 2. The van der Waals surface area contributed by atoms with Crippen molar-refractivity contribution in [3.63, 3.8) is 0 Å². The number of carbonyl (C=O) groups is 1. The molecule has 0 fully saturated rings. The minimum atomic E-state index is -1.12. The van der Waals surface area contributed by atoms with Crippen LogP contribution in [0.2, 0.25) is 0 Å². The number of carboxylic acid groups (broad SMARTS) is 1. The van der Waals surface area contributed by atoms with Gasteiger partial charge in [0.1, 0.15) is 17.1 Å². The lowest BCUT2D eigenvalue weighted by molar-refractivity contribution is -0.131. The molecule has 0 aliphatic carbocycles. The number of aliphatic carboxylic acids is 1. The zero-order valence-electron chi connectivity index (χ0n) is 17.1. The quantitative estimate of drug-likeness (QED) is 0.302. The number of phenolic OH excluding ortho intramolecular Hbond substituents is 1. The molecule has 33 heavy (non-hydrogen) atoms. The third-order valence-corrected chi connectivity index (χ3v) is 4.92. The van der Waals surface area contributed by atoms with Gasteiger partial charge in [0.15, 0.2) is 17.1 Å². The van der Waals surface area contributed by atoms with Gasteiger partial charge in [-0.15, -0.1) is 0 Å². The van der Waals surface area contributed by atoms with Crippen LogP contribution in [0.25, 0.3) is 28.2 Å². The summed E-state index contributed by atoms with van der Waals surface area (Å²) >= 11 is 0. The highest BCUT2D eigenvalue weighted by atomic mass is 19.1. The first-order chi connectivity index (χ1) is 15.7. The third-order valence-electron chi connectivity index (χ3n) is 4.92. The first kappa shape index (κ1) is 21.8. The zero-order valence-corrected chi connectivity index (χ0v) is 17.1. The molecule has 0 saturated heterocycles. The van der Waals surface area contributed by atoms with E-state index in [-0.39, 0.29) is 22.4 Å². The fourth-order valence-electron chi connectivity index (χ4n) is 3.37. The summed E-state index contributed by atoms with van der Waals surface area (Å²) in [5.41, 5.74) is -0.110. The van der Waals surface area contributed by atoms with Crippen molar-refractivity contribution in [2.45, 2.75) is 6.92 Å². The number of carboxylic acids is 1. The van der Waals surface area contributed by atoms with Gasteiger partial charge in [0.25, 0.3) is 0 Å². The van der Waals surface area contributed by atoms with E-state index in [4.69, 9.17) is 14.3 Å². The third kappa shape index (κ3) is 4.31. The minimum absolute atomic E-state index is 0.0383. The van der Waals surface area contributed by atoms with Crippen LogP contribution in [-0.2, 0) is 4.79 Å². The fraction of sp³-hybridized carbons (Fsp3) is 0.0400. The summed E-state index contributed by atoms with van der Waals surface area (Å²) < 4.78 is 39.3. The molecule has 2 N–H and O–H groups in total. The average molecular weight is 450 g/mol. The highest BCUT2D eigenvalue weighted by molar-refractivity contribution is 5.92. The Bertz CT molecular complexity index is 1470. The molecule has 0 amide bonds. The summed E-state index contributed by atoms with van der Waals surface area (Å²) in [7, 11) is 0. The second-order valence-electron chi connectivity index (χ2n) is 7.17. The van der Waals surface area contributed by atoms with Gasteiger partial charge in [0.2, 0.25) is 5.82 Å². The Hall–Kier alpha value is -4.46. The van der Waals surface area contributed by atoms with Gasteiger partial charge in [0, 0.05) is 6.08 Å². The number of phenols is 1. The molecule has 0 spiro atoms. The number of ether oxygens (including phenoxy) is 1. The predicted molar refractivity (Wildman–Crippen MR) is 117 cm³/mol. The van der Waals surface area contributed by atoms with Gasteiger partial charge in [-0.3, -0.25) is 0 Å². The van der Waals surface area contributed by atoms with Crippen LogP contribution in [0.4, 0.5) is 8.78 Å². The maximum absolute atomic E-state index is 14.5. The molecule has 3 aromatic carbocycles. The number of fused-ring (bicyclic) bond motifs is 1. The van der Waals surface area contributed by atoms with E-state index in [2.05, 4.69) is 0 Å². The summed E-state index contributed by atoms with van der Waals surface area (Å²) in [6.45, 7) is 1.60. The monoisotopic (exact) mass is 450 g/mol. The number of hydrogen-bond acceptors (Lipinski definition) is 5. The van der Waals surface area contributed by atoms with Crippen LogP contribution < -0.4 is 10.4 Å². The van der Waals surface area contributed by atoms with Crippen LogP contribution in [0.15, 0.2) is 69.9 Å². The fourth-order valence-corrected chi connectivity index (χ4v) is 3.37. The smallest absolute Gasteiger partial charge is 0.348 e. The zero-order chi connectivity index (χ0) is 23.7. The average Bonchev–Trinajstić information content (AvgIpc) is 2.77. The lowest BCUT2D eigenvalue weighted by Gasteiger charge is -2.15. The molecule has 6 nitrogen and oxygen atoms in total. The molecule has 0 saturated carbocycles. The number of aryl methyl sites for hydroxylation is 1. The van der Waals surface area contributed by atoms with E-state index in [9.17, 15) is 23.5 Å². The SMILES string of the molecule is Cc1cc(F)ccc1-c1c(Oc2ccc(/C=C/C(=O)O)cc2)c2ccc(O)c(F)c2oc1=O. The van der Waals surface area contributed by atoms with E-state index in [1.54, 1.807) is 31.2 Å². The molecule has 166 valence electrons. The summed E-state index contributed by atoms with van der Waals surface area (Å²) in [6.07, 6.45) is 2.38. The van der Waals surface area contributed by atoms with Crippen molar-refractivity contribution in [3.05, 3.63) is 93.9 Å². The molecule has 0 atom stereocenters. The maximum atomic E-state index is 14.5. The van der Waals surface area contributed by atoms with E-state index < -0.39 is 34.6 Å². The lowest BCUT2D eigenvalue weighted by Crippen LogP contribution is -2.08. The van der Waals surface area contributed by atoms with Crippen LogP contribution in [-0.4, -0.2) is 16.2 Å². The van der Waals surface area contributed by atoms with Crippen molar-refractivity contribution in [2.24, 2.45) is 0 Å². The first-order valence-corrected chi connectivity index (χ1v) is 9.68.